The molecule has 0 bridgehead atoms. The fourth-order valence-electron chi connectivity index (χ4n) is 5.31. The topological polar surface area (TPSA) is 31.4 Å². The third kappa shape index (κ3) is 6.63. The number of aromatic nitrogens is 1. The molecule has 0 spiro atoms. The Labute approximate surface area is 229 Å². The zero-order valence-corrected chi connectivity index (χ0v) is 24.2. The molecule has 0 saturated carbocycles. The van der Waals surface area contributed by atoms with Crippen molar-refractivity contribution in [3.8, 4) is 0 Å². The molecule has 3 nitrogen and oxygen atoms in total. The number of benzene rings is 2. The van der Waals surface area contributed by atoms with Crippen LogP contribution in [0, 0.1) is 5.92 Å². The number of fused-ring (bicyclic) bond motifs is 3. The molecule has 3 aromatic rings. The molecule has 2 heterocycles. The van der Waals surface area contributed by atoms with E-state index >= 15 is 0 Å². The molecule has 1 aromatic heterocycles. The third-order valence-corrected chi connectivity index (χ3v) is 7.78. The van der Waals surface area contributed by atoms with E-state index in [-0.39, 0.29) is 0 Å². The van der Waals surface area contributed by atoms with E-state index in [1.54, 1.807) is 0 Å². The summed E-state index contributed by atoms with van der Waals surface area (Å²) >= 11 is 0. The molecular weight excluding hydrogens is 462 g/mol. The van der Waals surface area contributed by atoms with Crippen molar-refractivity contribution in [3.63, 3.8) is 0 Å². The van der Waals surface area contributed by atoms with Gasteiger partial charge in [-0.2, -0.15) is 0 Å². The number of para-hydroxylation sites is 1. The van der Waals surface area contributed by atoms with Gasteiger partial charge >= 0.3 is 0 Å². The summed E-state index contributed by atoms with van der Waals surface area (Å²) in [6, 6.07) is 13.9. The van der Waals surface area contributed by atoms with Gasteiger partial charge in [0.2, 0.25) is 0 Å². The molecule has 0 amide bonds. The Morgan fingerprint density at radius 3 is 2.74 bits per heavy atom. The molecule has 0 saturated heterocycles. The summed E-state index contributed by atoms with van der Waals surface area (Å²) < 4.78 is 0. The number of hydrogen-bond donors (Lipinski definition) is 1. The van der Waals surface area contributed by atoms with Crippen LogP contribution >= 0.6 is 0 Å². The van der Waals surface area contributed by atoms with Crippen molar-refractivity contribution in [2.75, 3.05) is 20.1 Å². The molecular formula is C35H45N3. The Morgan fingerprint density at radius 2 is 1.97 bits per heavy atom. The number of H-pyrrole nitrogens is 1. The smallest absolute Gasteiger partial charge is 0.0544 e. The number of aliphatic imine (C=N–C) groups is 1. The number of aromatic amines is 1. The van der Waals surface area contributed by atoms with Gasteiger partial charge < -0.3 is 4.98 Å². The van der Waals surface area contributed by atoms with Crippen LogP contribution in [0.3, 0.4) is 0 Å². The molecule has 200 valence electrons. The van der Waals surface area contributed by atoms with E-state index < -0.39 is 0 Å². The maximum Gasteiger partial charge on any atom is 0.0544 e. The van der Waals surface area contributed by atoms with Gasteiger partial charge in [-0.05, 0) is 88.4 Å². The SMILES string of the molecule is CC/N=C(C)/C=C\C/C(C)=C/C(=C\CC(C)CC)c1cc(C2C=CCCN2C)cc2c1[nH]c1ccccc12. The first kappa shape index (κ1) is 27.9. The lowest BCUT2D eigenvalue weighted by Crippen LogP contribution is -2.26. The largest absolute Gasteiger partial charge is 0.354 e. The second-order valence-electron chi connectivity index (χ2n) is 10.9. The second kappa shape index (κ2) is 13.1. The average molecular weight is 508 g/mol. The Hall–Kier alpha value is -3.17. The Kier molecular flexibility index (Phi) is 9.58. The van der Waals surface area contributed by atoms with Crippen LogP contribution in [0.15, 0.2) is 83.4 Å². The molecule has 0 aliphatic carbocycles. The second-order valence-corrected chi connectivity index (χ2v) is 10.9. The summed E-state index contributed by atoms with van der Waals surface area (Å²) in [4.78, 5) is 10.7. The third-order valence-electron chi connectivity index (χ3n) is 7.78. The molecule has 38 heavy (non-hydrogen) atoms. The van der Waals surface area contributed by atoms with Gasteiger partial charge in [-0.3, -0.25) is 9.89 Å². The first-order chi connectivity index (χ1) is 18.4. The van der Waals surface area contributed by atoms with Crippen LogP contribution in [0.5, 0.6) is 0 Å². The molecule has 2 unspecified atom stereocenters. The highest BCUT2D eigenvalue weighted by molar-refractivity contribution is 6.11. The minimum atomic E-state index is 0.296. The number of likely N-dealkylation sites (N-methyl/N-ethyl adjacent to an activating group) is 1. The molecule has 0 fully saturated rings. The van der Waals surface area contributed by atoms with E-state index in [0.717, 1.165) is 38.1 Å². The van der Waals surface area contributed by atoms with Crippen LogP contribution in [-0.4, -0.2) is 35.7 Å². The average Bonchev–Trinajstić information content (AvgIpc) is 3.29. The van der Waals surface area contributed by atoms with Crippen molar-refractivity contribution in [3.05, 3.63) is 89.6 Å². The van der Waals surface area contributed by atoms with Crippen molar-refractivity contribution >= 4 is 33.1 Å². The molecule has 4 rings (SSSR count). The minimum absolute atomic E-state index is 0.296. The van der Waals surface area contributed by atoms with Crippen molar-refractivity contribution in [1.82, 2.24) is 9.88 Å². The molecule has 1 aliphatic heterocycles. The minimum Gasteiger partial charge on any atom is -0.354 e. The first-order valence-corrected chi connectivity index (χ1v) is 14.4. The highest BCUT2D eigenvalue weighted by atomic mass is 15.1. The standard InChI is InChI=1S/C35H45N3/c1-7-25(3)19-20-28(22-26(4)14-13-15-27(5)36-8-2)31-23-29(34-18-11-12-21-38(34)6)24-32-30-16-9-10-17-33(30)37-35(31)32/h9-11,13,15-18,20,22-25,34,37H,7-8,12,14,19,21H2,1-6H3/b15-13-,26-22+,28-20+,36-27+. The number of hydrogen-bond acceptors (Lipinski definition) is 2. The maximum atomic E-state index is 4.49. The summed E-state index contributed by atoms with van der Waals surface area (Å²) in [6.07, 6.45) is 18.3. The monoisotopic (exact) mass is 507 g/mol. The quantitative estimate of drug-likeness (QED) is 0.165. The van der Waals surface area contributed by atoms with Gasteiger partial charge in [0, 0.05) is 40.7 Å². The van der Waals surface area contributed by atoms with Gasteiger partial charge in [-0.1, -0.05) is 74.4 Å². The van der Waals surface area contributed by atoms with Gasteiger partial charge in [-0.15, -0.1) is 0 Å². The predicted octanol–water partition coefficient (Wildman–Crippen LogP) is 9.45. The van der Waals surface area contributed by atoms with Crippen LogP contribution in [0.25, 0.3) is 27.4 Å². The van der Waals surface area contributed by atoms with Gasteiger partial charge in [0.05, 0.1) is 11.6 Å². The molecule has 0 radical (unpaired) electrons. The van der Waals surface area contributed by atoms with Crippen molar-refractivity contribution < 1.29 is 0 Å². The van der Waals surface area contributed by atoms with E-state index in [1.807, 2.05) is 0 Å². The summed E-state index contributed by atoms with van der Waals surface area (Å²) in [5, 5.41) is 2.61. The zero-order chi connectivity index (χ0) is 27.1. The highest BCUT2D eigenvalue weighted by Gasteiger charge is 2.20. The van der Waals surface area contributed by atoms with Crippen molar-refractivity contribution in [2.45, 2.75) is 66.3 Å². The van der Waals surface area contributed by atoms with Crippen molar-refractivity contribution in [2.24, 2.45) is 10.9 Å². The predicted molar refractivity (Wildman–Crippen MR) is 168 cm³/mol. The lowest BCUT2D eigenvalue weighted by molar-refractivity contribution is 0.279. The van der Waals surface area contributed by atoms with E-state index in [1.165, 1.54) is 50.5 Å². The summed E-state index contributed by atoms with van der Waals surface area (Å²) in [6.45, 7) is 13.0. The summed E-state index contributed by atoms with van der Waals surface area (Å²) in [5.74, 6) is 0.653. The maximum absolute atomic E-state index is 4.49. The van der Waals surface area contributed by atoms with Crippen LogP contribution < -0.4 is 0 Å². The number of rotatable bonds is 10. The number of nitrogens with zero attached hydrogens (tertiary/aromatic N) is 2. The van der Waals surface area contributed by atoms with Gasteiger partial charge in [0.15, 0.2) is 0 Å². The lowest BCUT2D eigenvalue weighted by atomic mass is 9.91. The van der Waals surface area contributed by atoms with Gasteiger partial charge in [-0.25, -0.2) is 0 Å². The van der Waals surface area contributed by atoms with Crippen LogP contribution in [-0.2, 0) is 0 Å². The highest BCUT2D eigenvalue weighted by Crippen LogP contribution is 2.37. The van der Waals surface area contributed by atoms with E-state index in [2.05, 4.69) is 129 Å². The fraction of sp³-hybridized carbons (Fsp3) is 0.400. The van der Waals surface area contributed by atoms with Gasteiger partial charge in [0.1, 0.15) is 0 Å². The zero-order valence-electron chi connectivity index (χ0n) is 24.2. The van der Waals surface area contributed by atoms with E-state index in [0.29, 0.717) is 12.0 Å². The van der Waals surface area contributed by atoms with Crippen molar-refractivity contribution in [1.29, 1.82) is 0 Å². The molecule has 3 heteroatoms. The Bertz CT molecular complexity index is 1400. The Morgan fingerprint density at radius 1 is 1.16 bits per heavy atom. The lowest BCUT2D eigenvalue weighted by Gasteiger charge is -2.29. The number of nitrogens with one attached hydrogen (secondary N) is 1. The molecule has 1 N–H and O–H groups in total. The normalized spacial score (nSPS) is 18.8. The summed E-state index contributed by atoms with van der Waals surface area (Å²) in [7, 11) is 2.24. The van der Waals surface area contributed by atoms with Gasteiger partial charge in [0.25, 0.3) is 0 Å². The molecule has 1 aliphatic rings. The first-order valence-electron chi connectivity index (χ1n) is 14.4. The van der Waals surface area contributed by atoms with E-state index in [9.17, 15) is 0 Å². The fourth-order valence-corrected chi connectivity index (χ4v) is 5.31. The summed E-state index contributed by atoms with van der Waals surface area (Å²) in [5.41, 5.74) is 8.85. The molecule has 2 atom stereocenters. The Balaban J connectivity index is 1.86. The van der Waals surface area contributed by atoms with E-state index in [4.69, 9.17) is 0 Å². The van der Waals surface area contributed by atoms with Crippen LogP contribution in [0.1, 0.15) is 77.5 Å². The number of allylic oxidation sites excluding steroid dienone is 6. The van der Waals surface area contributed by atoms with Crippen LogP contribution in [0.2, 0.25) is 0 Å². The molecule has 2 aromatic carbocycles. The van der Waals surface area contributed by atoms with Crippen LogP contribution in [0.4, 0.5) is 0 Å².